The number of likely N-dealkylation sites (tertiary alicyclic amines) is 1. The molecular weight excluding hydrogens is 492 g/mol. The Morgan fingerprint density at radius 3 is 2.58 bits per heavy atom. The number of alkyl halides is 5. The molecule has 0 radical (unpaired) electrons. The second-order valence-electron chi connectivity index (χ2n) is 8.18. The normalized spacial score (nSPS) is 19.8. The Morgan fingerprint density at radius 1 is 1.33 bits per heavy atom. The molecule has 1 saturated heterocycles. The first-order valence-corrected chi connectivity index (χ1v) is 10.7. The third-order valence-electron chi connectivity index (χ3n) is 5.55. The number of hydrazone groups is 2. The summed E-state index contributed by atoms with van der Waals surface area (Å²) in [5.41, 5.74) is -1.30. The Balaban J connectivity index is 1.92. The van der Waals surface area contributed by atoms with E-state index < -0.39 is 54.3 Å². The molecule has 0 bridgehead atoms. The Bertz CT molecular complexity index is 1120. The number of anilines is 2. The van der Waals surface area contributed by atoms with Crippen LogP contribution in [0.4, 0.5) is 38.0 Å². The van der Waals surface area contributed by atoms with E-state index in [1.807, 2.05) is 0 Å². The number of halogens is 6. The van der Waals surface area contributed by atoms with E-state index in [0.29, 0.717) is 12.4 Å². The first kappa shape index (κ1) is 26.9. The molecule has 2 heterocycles. The number of aromatic nitrogens is 2. The quantitative estimate of drug-likeness (QED) is 0.329. The summed E-state index contributed by atoms with van der Waals surface area (Å²) in [6, 6.07) is 2.32. The van der Waals surface area contributed by atoms with Gasteiger partial charge in [0.15, 0.2) is 0 Å². The van der Waals surface area contributed by atoms with Crippen molar-refractivity contribution >= 4 is 30.5 Å². The van der Waals surface area contributed by atoms with Crippen LogP contribution in [-0.2, 0) is 6.18 Å². The van der Waals surface area contributed by atoms with E-state index in [0.717, 1.165) is 22.2 Å². The van der Waals surface area contributed by atoms with Gasteiger partial charge in [-0.2, -0.15) is 28.5 Å². The van der Waals surface area contributed by atoms with Crippen LogP contribution >= 0.6 is 0 Å². The lowest BCUT2D eigenvalue weighted by Crippen LogP contribution is -2.57. The fraction of sp³-hybridized carbons (Fsp3) is 0.409. The van der Waals surface area contributed by atoms with Crippen molar-refractivity contribution < 1.29 is 31.1 Å². The maximum absolute atomic E-state index is 14.5. The summed E-state index contributed by atoms with van der Waals surface area (Å²) in [7, 11) is 0. The summed E-state index contributed by atoms with van der Waals surface area (Å²) >= 11 is 0. The summed E-state index contributed by atoms with van der Waals surface area (Å²) in [6.45, 7) is 5.34. The summed E-state index contributed by atoms with van der Waals surface area (Å²) in [5.74, 6) is -5.82. The van der Waals surface area contributed by atoms with Crippen molar-refractivity contribution in [2.75, 3.05) is 23.5 Å². The fourth-order valence-corrected chi connectivity index (χ4v) is 3.93. The second kappa shape index (κ2) is 10.5. The highest BCUT2D eigenvalue weighted by Crippen LogP contribution is 2.36. The number of hydrogen-bond donors (Lipinski definition) is 1. The summed E-state index contributed by atoms with van der Waals surface area (Å²) in [5, 5.41) is 11.2. The smallest absolute Gasteiger partial charge is 0.352 e. The number of rotatable bonds is 7. The van der Waals surface area contributed by atoms with Crippen molar-refractivity contribution in [3.05, 3.63) is 47.5 Å². The maximum atomic E-state index is 14.5. The topological polar surface area (TPSA) is 86.1 Å². The van der Waals surface area contributed by atoms with Crippen LogP contribution in [-0.4, -0.2) is 58.8 Å². The average Bonchev–Trinajstić information content (AvgIpc) is 2.80. The van der Waals surface area contributed by atoms with Crippen LogP contribution in [0.3, 0.4) is 0 Å². The highest BCUT2D eigenvalue weighted by atomic mass is 19.4. The van der Waals surface area contributed by atoms with Crippen molar-refractivity contribution in [1.29, 1.82) is 0 Å². The number of carbonyl (C=O) groups excluding carboxylic acids is 1. The van der Waals surface area contributed by atoms with E-state index in [9.17, 15) is 31.1 Å². The molecule has 3 rings (SSSR count). The van der Waals surface area contributed by atoms with Crippen molar-refractivity contribution in [2.24, 2.45) is 16.1 Å². The lowest BCUT2D eigenvalue weighted by Gasteiger charge is -2.43. The number of amides is 1. The molecule has 1 aromatic heterocycles. The predicted molar refractivity (Wildman–Crippen MR) is 122 cm³/mol. The van der Waals surface area contributed by atoms with E-state index >= 15 is 0 Å². The van der Waals surface area contributed by atoms with Crippen molar-refractivity contribution in [2.45, 2.75) is 38.4 Å². The van der Waals surface area contributed by atoms with Gasteiger partial charge in [-0.1, -0.05) is 6.92 Å². The second-order valence-corrected chi connectivity index (χ2v) is 8.18. The zero-order chi connectivity index (χ0) is 26.7. The van der Waals surface area contributed by atoms with E-state index in [2.05, 4.69) is 32.2 Å². The molecule has 1 aromatic carbocycles. The largest absolute Gasteiger partial charge is 0.419 e. The molecular formula is C22H23F6N7O. The maximum Gasteiger partial charge on any atom is 0.419 e. The molecule has 14 heteroatoms. The molecule has 1 fully saturated rings. The Morgan fingerprint density at radius 2 is 2.00 bits per heavy atom. The van der Waals surface area contributed by atoms with Crippen LogP contribution in [0.15, 0.2) is 40.8 Å². The van der Waals surface area contributed by atoms with Gasteiger partial charge in [0.1, 0.15) is 5.82 Å². The van der Waals surface area contributed by atoms with Crippen molar-refractivity contribution in [3.63, 3.8) is 0 Å². The molecule has 0 saturated carbocycles. The molecule has 1 amide bonds. The highest BCUT2D eigenvalue weighted by molar-refractivity contribution is 6.00. The van der Waals surface area contributed by atoms with Gasteiger partial charge in [0.05, 0.1) is 29.4 Å². The molecule has 0 spiro atoms. The van der Waals surface area contributed by atoms with Crippen molar-refractivity contribution in [1.82, 2.24) is 14.9 Å². The van der Waals surface area contributed by atoms with Gasteiger partial charge in [-0.3, -0.25) is 4.79 Å². The summed E-state index contributed by atoms with van der Waals surface area (Å²) in [6.07, 6.45) is -2.64. The fourth-order valence-electron chi connectivity index (χ4n) is 3.93. The van der Waals surface area contributed by atoms with Crippen LogP contribution < -0.4 is 10.4 Å². The van der Waals surface area contributed by atoms with E-state index in [1.54, 1.807) is 6.92 Å². The Hall–Kier alpha value is -3.71. The van der Waals surface area contributed by atoms with Gasteiger partial charge in [0.2, 0.25) is 5.95 Å². The number of nitrogens with zero attached hydrogens (tertiary/aromatic N) is 6. The van der Waals surface area contributed by atoms with Crippen LogP contribution in [0.2, 0.25) is 0 Å². The van der Waals surface area contributed by atoms with Gasteiger partial charge in [0.25, 0.3) is 11.8 Å². The molecule has 0 aliphatic carbocycles. The number of hydrogen-bond acceptors (Lipinski definition) is 7. The number of piperidine rings is 1. The van der Waals surface area contributed by atoms with Gasteiger partial charge >= 0.3 is 6.18 Å². The lowest BCUT2D eigenvalue weighted by atomic mass is 9.87. The van der Waals surface area contributed by atoms with Crippen LogP contribution in [0.25, 0.3) is 0 Å². The molecule has 2 aromatic rings. The first-order chi connectivity index (χ1) is 16.9. The minimum atomic E-state index is -4.62. The van der Waals surface area contributed by atoms with Gasteiger partial charge in [-0.15, -0.1) is 0 Å². The number of carbonyl (C=O) groups is 1. The Kier molecular flexibility index (Phi) is 7.84. The van der Waals surface area contributed by atoms with Gasteiger partial charge in [-0.25, -0.2) is 23.1 Å². The minimum Gasteiger partial charge on any atom is -0.352 e. The molecule has 8 nitrogen and oxygen atoms in total. The van der Waals surface area contributed by atoms with E-state index in [1.165, 1.54) is 19.2 Å². The van der Waals surface area contributed by atoms with Gasteiger partial charge in [-0.05, 0) is 31.0 Å². The highest BCUT2D eigenvalue weighted by Gasteiger charge is 2.46. The zero-order valence-corrected chi connectivity index (χ0v) is 19.3. The zero-order valence-electron chi connectivity index (χ0n) is 19.3. The van der Waals surface area contributed by atoms with E-state index in [-0.39, 0.29) is 23.7 Å². The van der Waals surface area contributed by atoms with Gasteiger partial charge < -0.3 is 10.2 Å². The summed E-state index contributed by atoms with van der Waals surface area (Å²) < 4.78 is 81.4. The molecule has 1 aliphatic heterocycles. The minimum absolute atomic E-state index is 0.0221. The molecule has 1 N–H and O–H groups in total. The monoisotopic (exact) mass is 515 g/mol. The third-order valence-corrected chi connectivity index (χ3v) is 5.55. The molecule has 1 unspecified atom stereocenters. The average molecular weight is 515 g/mol. The van der Waals surface area contributed by atoms with Crippen molar-refractivity contribution in [3.8, 4) is 0 Å². The molecule has 1 aliphatic rings. The van der Waals surface area contributed by atoms with Gasteiger partial charge in [0, 0.05) is 38.3 Å². The SMILES string of the molecule is C=NN(/N=C\C)c1ccc(F)cc1C(=O)N1CC(F)(F)C[C@@H](C)C1CNc1ncc(C(F)(F)F)cn1. The Labute approximate surface area is 202 Å². The lowest BCUT2D eigenvalue weighted by molar-refractivity contribution is -0.138. The molecule has 194 valence electrons. The third kappa shape index (κ3) is 6.10. The summed E-state index contributed by atoms with van der Waals surface area (Å²) in [4.78, 5) is 21.6. The molecule has 2 atom stereocenters. The predicted octanol–water partition coefficient (Wildman–Crippen LogP) is 4.66. The standard InChI is InChI=1S/C22H23F6N7O/c1-4-33-35(29-3)17-6-5-15(23)7-16(17)19(36)34-12-21(24,25)8-13(2)18(34)11-32-20-30-9-14(10-31-20)22(26,27)28/h4-7,9-10,13,18H,3,8,11-12H2,1-2H3,(H,30,31,32)/b33-4-/t13-,18?/m1/s1. The van der Waals surface area contributed by atoms with Crippen LogP contribution in [0.1, 0.15) is 36.2 Å². The molecule has 36 heavy (non-hydrogen) atoms. The first-order valence-electron chi connectivity index (χ1n) is 10.7. The van der Waals surface area contributed by atoms with Crippen LogP contribution in [0.5, 0.6) is 0 Å². The number of nitrogens with one attached hydrogen (secondary N) is 1. The van der Waals surface area contributed by atoms with Crippen LogP contribution in [0, 0.1) is 11.7 Å². The van der Waals surface area contributed by atoms with E-state index in [4.69, 9.17) is 0 Å². The number of benzene rings is 1.